The highest BCUT2D eigenvalue weighted by Gasteiger charge is 2.06. The van der Waals surface area contributed by atoms with Gasteiger partial charge in [0.05, 0.1) is 17.1 Å². The quantitative estimate of drug-likeness (QED) is 0.781. The van der Waals surface area contributed by atoms with Gasteiger partial charge in [0.15, 0.2) is 0 Å². The number of nitrogens with zero attached hydrogens (tertiary/aromatic N) is 3. The van der Waals surface area contributed by atoms with Crippen molar-refractivity contribution in [2.75, 3.05) is 12.3 Å². The van der Waals surface area contributed by atoms with Crippen molar-refractivity contribution >= 4 is 33.7 Å². The van der Waals surface area contributed by atoms with E-state index < -0.39 is 0 Å². The molecule has 102 valence electrons. The minimum Gasteiger partial charge on any atom is -0.374 e. The molecule has 0 aliphatic heterocycles. The van der Waals surface area contributed by atoms with Crippen molar-refractivity contribution in [1.82, 2.24) is 20.5 Å². The van der Waals surface area contributed by atoms with E-state index in [4.69, 9.17) is 5.73 Å². The molecule has 2 aromatic rings. The van der Waals surface area contributed by atoms with Crippen molar-refractivity contribution in [3.05, 3.63) is 21.1 Å². The van der Waals surface area contributed by atoms with Gasteiger partial charge in [-0.15, -0.1) is 21.5 Å². The van der Waals surface area contributed by atoms with Gasteiger partial charge < -0.3 is 11.1 Å². The molecule has 2 aromatic heterocycles. The van der Waals surface area contributed by atoms with Crippen LogP contribution in [-0.4, -0.2) is 27.6 Å². The number of nitrogens with two attached hydrogens (primary N) is 1. The van der Waals surface area contributed by atoms with E-state index in [-0.39, 0.29) is 5.91 Å². The average molecular weight is 297 g/mol. The summed E-state index contributed by atoms with van der Waals surface area (Å²) in [5.74, 6) is 0.00192. The Balaban J connectivity index is 1.64. The monoisotopic (exact) mass is 297 g/mol. The second-order valence-electron chi connectivity index (χ2n) is 4.02. The number of hydrogen-bond acceptors (Lipinski definition) is 7. The molecule has 0 unspecified atom stereocenters. The van der Waals surface area contributed by atoms with Gasteiger partial charge in [0.2, 0.25) is 11.0 Å². The smallest absolute Gasteiger partial charge is 0.226 e. The highest BCUT2D eigenvalue weighted by molar-refractivity contribution is 7.15. The van der Waals surface area contributed by atoms with Gasteiger partial charge in [-0.25, -0.2) is 4.98 Å². The average Bonchev–Trinajstić information content (AvgIpc) is 2.94. The molecule has 1 amide bonds. The van der Waals surface area contributed by atoms with E-state index in [2.05, 4.69) is 20.5 Å². The zero-order chi connectivity index (χ0) is 13.7. The van der Waals surface area contributed by atoms with Crippen molar-refractivity contribution < 1.29 is 4.79 Å². The molecule has 0 atom stereocenters. The number of rotatable bonds is 6. The fraction of sp³-hybridized carbons (Fsp3) is 0.455. The van der Waals surface area contributed by atoms with Gasteiger partial charge in [0.25, 0.3) is 0 Å². The van der Waals surface area contributed by atoms with Gasteiger partial charge in [-0.3, -0.25) is 4.79 Å². The van der Waals surface area contributed by atoms with Crippen molar-refractivity contribution in [2.24, 2.45) is 0 Å². The second kappa shape index (κ2) is 6.58. The third-order valence-corrected chi connectivity index (χ3v) is 4.01. The number of hydrogen-bond donors (Lipinski definition) is 2. The van der Waals surface area contributed by atoms with Crippen LogP contribution in [0.1, 0.15) is 22.1 Å². The predicted octanol–water partition coefficient (Wildman–Crippen LogP) is 1.18. The molecular formula is C11H15N5OS2. The number of carbonyl (C=O) groups is 1. The van der Waals surface area contributed by atoms with E-state index in [1.54, 1.807) is 11.3 Å². The van der Waals surface area contributed by atoms with Crippen LogP contribution in [-0.2, 0) is 17.6 Å². The molecule has 0 saturated heterocycles. The summed E-state index contributed by atoms with van der Waals surface area (Å²) in [6.45, 7) is 2.56. The van der Waals surface area contributed by atoms with E-state index in [9.17, 15) is 4.79 Å². The third-order valence-electron chi connectivity index (χ3n) is 2.38. The molecular weight excluding hydrogens is 282 g/mol. The van der Waals surface area contributed by atoms with Crippen LogP contribution < -0.4 is 11.1 Å². The highest BCUT2D eigenvalue weighted by atomic mass is 32.1. The molecule has 0 aliphatic carbocycles. The normalized spacial score (nSPS) is 10.6. The third kappa shape index (κ3) is 4.56. The lowest BCUT2D eigenvalue weighted by molar-refractivity contribution is -0.120. The second-order valence-corrected chi connectivity index (χ2v) is 6.18. The molecule has 2 rings (SSSR count). The van der Waals surface area contributed by atoms with E-state index in [0.29, 0.717) is 18.1 Å². The van der Waals surface area contributed by atoms with Crippen molar-refractivity contribution in [3.8, 4) is 0 Å². The Kier molecular flexibility index (Phi) is 4.80. The van der Waals surface area contributed by atoms with Crippen LogP contribution in [0.25, 0.3) is 0 Å². The number of aromatic nitrogens is 3. The summed E-state index contributed by atoms with van der Waals surface area (Å²) < 4.78 is 0. The van der Waals surface area contributed by atoms with Crippen molar-refractivity contribution in [1.29, 1.82) is 0 Å². The van der Waals surface area contributed by atoms with Crippen LogP contribution >= 0.6 is 22.7 Å². The largest absolute Gasteiger partial charge is 0.374 e. The standard InChI is InChI=1S/C11H15N5OS2/c1-7-14-8(6-18-7)5-9(17)13-4-2-3-10-15-16-11(12)19-10/h6H,2-5H2,1H3,(H2,12,16)(H,13,17). The topological polar surface area (TPSA) is 93.8 Å². The Morgan fingerprint density at radius 1 is 1.47 bits per heavy atom. The Labute approximate surface area is 119 Å². The van der Waals surface area contributed by atoms with Crippen molar-refractivity contribution in [2.45, 2.75) is 26.2 Å². The first-order valence-corrected chi connectivity index (χ1v) is 7.58. The van der Waals surface area contributed by atoms with Gasteiger partial charge in [0.1, 0.15) is 5.01 Å². The Hall–Kier alpha value is -1.54. The Bertz CT molecular complexity index is 551. The summed E-state index contributed by atoms with van der Waals surface area (Å²) >= 11 is 2.94. The lowest BCUT2D eigenvalue weighted by Crippen LogP contribution is -2.26. The van der Waals surface area contributed by atoms with Crippen LogP contribution in [0.3, 0.4) is 0 Å². The summed E-state index contributed by atoms with van der Waals surface area (Å²) in [4.78, 5) is 15.9. The molecule has 6 nitrogen and oxygen atoms in total. The first-order chi connectivity index (χ1) is 9.13. The summed E-state index contributed by atoms with van der Waals surface area (Å²) in [5, 5.41) is 14.8. The maximum atomic E-state index is 11.6. The molecule has 19 heavy (non-hydrogen) atoms. The molecule has 8 heteroatoms. The van der Waals surface area contributed by atoms with Crippen LogP contribution in [0.4, 0.5) is 5.13 Å². The predicted molar refractivity (Wildman–Crippen MR) is 76.2 cm³/mol. The molecule has 2 heterocycles. The molecule has 0 spiro atoms. The molecule has 0 aliphatic rings. The van der Waals surface area contributed by atoms with Gasteiger partial charge in [-0.05, 0) is 13.3 Å². The number of thiazole rings is 1. The summed E-state index contributed by atoms with van der Waals surface area (Å²) in [6, 6.07) is 0. The van der Waals surface area contributed by atoms with Gasteiger partial charge in [0, 0.05) is 18.3 Å². The summed E-state index contributed by atoms with van der Waals surface area (Å²) in [7, 11) is 0. The Morgan fingerprint density at radius 2 is 2.32 bits per heavy atom. The van der Waals surface area contributed by atoms with E-state index in [0.717, 1.165) is 28.6 Å². The maximum absolute atomic E-state index is 11.6. The van der Waals surface area contributed by atoms with E-state index >= 15 is 0 Å². The lowest BCUT2D eigenvalue weighted by Gasteiger charge is -2.02. The fourth-order valence-electron chi connectivity index (χ4n) is 1.55. The maximum Gasteiger partial charge on any atom is 0.226 e. The van der Waals surface area contributed by atoms with Gasteiger partial charge in [-0.1, -0.05) is 11.3 Å². The molecule has 0 saturated carbocycles. The molecule has 0 radical (unpaired) electrons. The molecule has 0 fully saturated rings. The number of nitrogen functional groups attached to an aromatic ring is 1. The number of anilines is 1. The lowest BCUT2D eigenvalue weighted by atomic mass is 10.3. The SMILES string of the molecule is Cc1nc(CC(=O)NCCCc2nnc(N)s2)cs1. The zero-order valence-electron chi connectivity index (χ0n) is 10.5. The molecule has 0 aromatic carbocycles. The van der Waals surface area contributed by atoms with Crippen LogP contribution in [0.5, 0.6) is 0 Å². The van der Waals surface area contributed by atoms with E-state index in [1.807, 2.05) is 12.3 Å². The number of aryl methyl sites for hydroxylation is 2. The van der Waals surface area contributed by atoms with Gasteiger partial charge >= 0.3 is 0 Å². The minimum atomic E-state index is 0.00192. The summed E-state index contributed by atoms with van der Waals surface area (Å²) in [5.41, 5.74) is 6.32. The summed E-state index contributed by atoms with van der Waals surface area (Å²) in [6.07, 6.45) is 1.96. The van der Waals surface area contributed by atoms with E-state index in [1.165, 1.54) is 11.3 Å². The fourth-order valence-corrected chi connectivity index (χ4v) is 2.82. The number of amides is 1. The first kappa shape index (κ1) is 13.9. The highest BCUT2D eigenvalue weighted by Crippen LogP contribution is 2.12. The Morgan fingerprint density at radius 3 is 2.95 bits per heavy atom. The number of nitrogens with one attached hydrogen (secondary N) is 1. The van der Waals surface area contributed by atoms with Crippen LogP contribution in [0.2, 0.25) is 0 Å². The first-order valence-electron chi connectivity index (χ1n) is 5.89. The van der Waals surface area contributed by atoms with Crippen molar-refractivity contribution in [3.63, 3.8) is 0 Å². The zero-order valence-corrected chi connectivity index (χ0v) is 12.2. The van der Waals surface area contributed by atoms with Gasteiger partial charge in [-0.2, -0.15) is 0 Å². The number of carbonyl (C=O) groups excluding carboxylic acids is 1. The molecule has 0 bridgehead atoms. The van der Waals surface area contributed by atoms with Crippen LogP contribution in [0.15, 0.2) is 5.38 Å². The molecule has 3 N–H and O–H groups in total. The minimum absolute atomic E-state index is 0.00192. The van der Waals surface area contributed by atoms with Crippen LogP contribution in [0, 0.1) is 6.92 Å².